The highest BCUT2D eigenvalue weighted by molar-refractivity contribution is 4.90. The molecule has 1 heterocycles. The first kappa shape index (κ1) is 11.4. The van der Waals surface area contributed by atoms with Crippen LogP contribution in [0.15, 0.2) is 0 Å². The summed E-state index contributed by atoms with van der Waals surface area (Å²) in [6, 6.07) is 0.801. The van der Waals surface area contributed by atoms with Crippen molar-refractivity contribution in [2.24, 2.45) is 11.7 Å². The van der Waals surface area contributed by atoms with Gasteiger partial charge < -0.3 is 10.5 Å². The van der Waals surface area contributed by atoms with Crippen LogP contribution in [0, 0.1) is 5.92 Å². The van der Waals surface area contributed by atoms with E-state index < -0.39 is 0 Å². The first-order valence-electron chi connectivity index (χ1n) is 6.30. The summed E-state index contributed by atoms with van der Waals surface area (Å²) in [4.78, 5) is 2.67. The average molecular weight is 212 g/mol. The van der Waals surface area contributed by atoms with Gasteiger partial charge >= 0.3 is 0 Å². The zero-order chi connectivity index (χ0) is 10.7. The molecule has 1 aliphatic carbocycles. The molecule has 0 aromatic carbocycles. The largest absolute Gasteiger partial charge is 0.381 e. The highest BCUT2D eigenvalue weighted by atomic mass is 16.5. The van der Waals surface area contributed by atoms with Crippen LogP contribution in [0.2, 0.25) is 0 Å². The fourth-order valence-electron chi connectivity index (χ4n) is 2.93. The maximum atomic E-state index is 5.63. The Morgan fingerprint density at radius 1 is 1.40 bits per heavy atom. The molecule has 2 N–H and O–H groups in total. The lowest BCUT2D eigenvalue weighted by Gasteiger charge is -2.45. The molecule has 1 unspecified atom stereocenters. The molecule has 0 spiro atoms. The van der Waals surface area contributed by atoms with Crippen LogP contribution in [0.4, 0.5) is 0 Å². The molecule has 15 heavy (non-hydrogen) atoms. The van der Waals surface area contributed by atoms with Crippen LogP contribution in [0.5, 0.6) is 0 Å². The number of methoxy groups -OCH3 is 1. The molecule has 3 heteroatoms. The molecule has 1 atom stereocenters. The molecule has 0 bridgehead atoms. The molecule has 1 aliphatic heterocycles. The van der Waals surface area contributed by atoms with Gasteiger partial charge in [-0.15, -0.1) is 0 Å². The summed E-state index contributed by atoms with van der Waals surface area (Å²) in [5.74, 6) is 0.852. The van der Waals surface area contributed by atoms with Crippen molar-refractivity contribution < 1.29 is 4.74 Å². The summed E-state index contributed by atoms with van der Waals surface area (Å²) in [5.41, 5.74) is 5.63. The van der Waals surface area contributed by atoms with E-state index >= 15 is 0 Å². The lowest BCUT2D eigenvalue weighted by molar-refractivity contribution is -0.0390. The standard InChI is InChI=1S/C12H24N2O/c1-15-12-7-11(8-12)14-6-2-3-10(9-14)4-5-13/h10-12H,2-9,13H2,1H3. The highest BCUT2D eigenvalue weighted by Crippen LogP contribution is 2.31. The third-order valence-electron chi connectivity index (χ3n) is 4.04. The Bertz CT molecular complexity index is 190. The van der Waals surface area contributed by atoms with Crippen LogP contribution in [-0.2, 0) is 4.74 Å². The Morgan fingerprint density at radius 3 is 2.87 bits per heavy atom. The molecule has 2 rings (SSSR count). The van der Waals surface area contributed by atoms with Crippen LogP contribution in [0.1, 0.15) is 32.1 Å². The molecule has 0 amide bonds. The Labute approximate surface area is 93.0 Å². The third kappa shape index (κ3) is 2.71. The van der Waals surface area contributed by atoms with E-state index in [2.05, 4.69) is 4.90 Å². The van der Waals surface area contributed by atoms with Crippen molar-refractivity contribution in [1.82, 2.24) is 4.90 Å². The van der Waals surface area contributed by atoms with Crippen LogP contribution >= 0.6 is 0 Å². The quantitative estimate of drug-likeness (QED) is 0.761. The van der Waals surface area contributed by atoms with Crippen molar-refractivity contribution in [3.63, 3.8) is 0 Å². The summed E-state index contributed by atoms with van der Waals surface area (Å²) >= 11 is 0. The molecule has 0 aromatic heterocycles. The zero-order valence-electron chi connectivity index (χ0n) is 9.82. The Kier molecular flexibility index (Phi) is 4.00. The second kappa shape index (κ2) is 5.28. The molecular formula is C12H24N2O. The van der Waals surface area contributed by atoms with E-state index in [1.165, 1.54) is 45.2 Å². The average Bonchev–Trinajstić information content (AvgIpc) is 2.17. The number of nitrogens with two attached hydrogens (primary N) is 1. The third-order valence-corrected chi connectivity index (χ3v) is 4.04. The molecule has 2 fully saturated rings. The topological polar surface area (TPSA) is 38.5 Å². The summed E-state index contributed by atoms with van der Waals surface area (Å²) in [5, 5.41) is 0. The molecular weight excluding hydrogens is 188 g/mol. The second-order valence-electron chi connectivity index (χ2n) is 5.06. The lowest BCUT2D eigenvalue weighted by atomic mass is 9.84. The number of hydrogen-bond donors (Lipinski definition) is 1. The summed E-state index contributed by atoms with van der Waals surface area (Å²) in [6.45, 7) is 3.42. The number of hydrogen-bond acceptors (Lipinski definition) is 3. The molecule has 2 aliphatic rings. The second-order valence-corrected chi connectivity index (χ2v) is 5.06. The van der Waals surface area contributed by atoms with Crippen molar-refractivity contribution >= 4 is 0 Å². The van der Waals surface area contributed by atoms with Gasteiger partial charge in [0.15, 0.2) is 0 Å². The number of nitrogens with zero attached hydrogens (tertiary/aromatic N) is 1. The maximum absolute atomic E-state index is 5.63. The molecule has 0 aromatic rings. The number of likely N-dealkylation sites (tertiary alicyclic amines) is 1. The predicted molar refractivity (Wildman–Crippen MR) is 61.8 cm³/mol. The summed E-state index contributed by atoms with van der Waals surface area (Å²) in [6.07, 6.45) is 6.96. The minimum atomic E-state index is 0.532. The van der Waals surface area contributed by atoms with Crippen LogP contribution < -0.4 is 5.73 Å². The van der Waals surface area contributed by atoms with E-state index in [-0.39, 0.29) is 0 Å². The van der Waals surface area contributed by atoms with E-state index in [0.29, 0.717) is 6.10 Å². The zero-order valence-corrected chi connectivity index (χ0v) is 9.82. The smallest absolute Gasteiger partial charge is 0.0601 e. The first-order chi connectivity index (χ1) is 7.33. The first-order valence-corrected chi connectivity index (χ1v) is 6.30. The molecule has 1 saturated heterocycles. The highest BCUT2D eigenvalue weighted by Gasteiger charge is 2.35. The summed E-state index contributed by atoms with van der Waals surface area (Å²) < 4.78 is 5.33. The van der Waals surface area contributed by atoms with E-state index in [4.69, 9.17) is 10.5 Å². The predicted octanol–water partition coefficient (Wildman–Crippen LogP) is 1.22. The fraction of sp³-hybridized carbons (Fsp3) is 1.00. The Morgan fingerprint density at radius 2 is 2.20 bits per heavy atom. The number of rotatable bonds is 4. The minimum Gasteiger partial charge on any atom is -0.381 e. The lowest BCUT2D eigenvalue weighted by Crippen LogP contribution is -2.51. The molecule has 88 valence electrons. The SMILES string of the molecule is COC1CC(N2CCCC(CCN)C2)C1. The monoisotopic (exact) mass is 212 g/mol. The van der Waals surface area contributed by atoms with Gasteiger partial charge in [-0.1, -0.05) is 0 Å². The normalized spacial score (nSPS) is 37.6. The van der Waals surface area contributed by atoms with Gasteiger partial charge in [0.25, 0.3) is 0 Å². The Balaban J connectivity index is 1.73. The van der Waals surface area contributed by atoms with Crippen molar-refractivity contribution in [3.8, 4) is 0 Å². The van der Waals surface area contributed by atoms with Gasteiger partial charge in [-0.05, 0) is 51.1 Å². The van der Waals surface area contributed by atoms with E-state index in [1.807, 2.05) is 7.11 Å². The van der Waals surface area contributed by atoms with Crippen LogP contribution in [0.25, 0.3) is 0 Å². The maximum Gasteiger partial charge on any atom is 0.0601 e. The van der Waals surface area contributed by atoms with Gasteiger partial charge in [-0.25, -0.2) is 0 Å². The van der Waals surface area contributed by atoms with Gasteiger partial charge in [-0.2, -0.15) is 0 Å². The van der Waals surface area contributed by atoms with Gasteiger partial charge in [0, 0.05) is 19.7 Å². The van der Waals surface area contributed by atoms with Crippen molar-refractivity contribution in [2.45, 2.75) is 44.2 Å². The van der Waals surface area contributed by atoms with Gasteiger partial charge in [0.05, 0.1) is 6.10 Å². The Hall–Kier alpha value is -0.120. The van der Waals surface area contributed by atoms with Crippen LogP contribution in [-0.4, -0.2) is 43.8 Å². The van der Waals surface area contributed by atoms with Crippen LogP contribution in [0.3, 0.4) is 0 Å². The molecule has 0 radical (unpaired) electrons. The fourth-order valence-corrected chi connectivity index (χ4v) is 2.93. The number of ether oxygens (including phenoxy) is 1. The van der Waals surface area contributed by atoms with E-state index in [1.54, 1.807) is 0 Å². The van der Waals surface area contributed by atoms with Gasteiger partial charge in [0.2, 0.25) is 0 Å². The van der Waals surface area contributed by atoms with Gasteiger partial charge in [-0.3, -0.25) is 4.90 Å². The van der Waals surface area contributed by atoms with E-state index in [0.717, 1.165) is 18.5 Å². The molecule has 3 nitrogen and oxygen atoms in total. The number of piperidine rings is 1. The van der Waals surface area contributed by atoms with Gasteiger partial charge in [0.1, 0.15) is 0 Å². The van der Waals surface area contributed by atoms with Crippen molar-refractivity contribution in [1.29, 1.82) is 0 Å². The minimum absolute atomic E-state index is 0.532. The van der Waals surface area contributed by atoms with E-state index in [9.17, 15) is 0 Å². The van der Waals surface area contributed by atoms with Crippen molar-refractivity contribution in [2.75, 3.05) is 26.7 Å². The van der Waals surface area contributed by atoms with Crippen molar-refractivity contribution in [3.05, 3.63) is 0 Å². The molecule has 1 saturated carbocycles. The summed E-state index contributed by atoms with van der Waals surface area (Å²) in [7, 11) is 1.83.